The summed E-state index contributed by atoms with van der Waals surface area (Å²) in [7, 11) is 2.09. The molecule has 1 heterocycles. The third-order valence-corrected chi connectivity index (χ3v) is 2.60. The van der Waals surface area contributed by atoms with Crippen LogP contribution < -0.4 is 5.73 Å². The van der Waals surface area contributed by atoms with Crippen LogP contribution in [0.1, 0.15) is 12.2 Å². The number of aromatic amines is 1. The lowest BCUT2D eigenvalue weighted by molar-refractivity contribution is 0.317. The van der Waals surface area contributed by atoms with E-state index in [1.807, 2.05) is 24.3 Å². The lowest BCUT2D eigenvalue weighted by Gasteiger charge is -2.13. The summed E-state index contributed by atoms with van der Waals surface area (Å²) in [6, 6.07) is 8.09. The van der Waals surface area contributed by atoms with Gasteiger partial charge in [0.1, 0.15) is 5.82 Å². The van der Waals surface area contributed by atoms with Gasteiger partial charge in [-0.3, -0.25) is 4.90 Å². The summed E-state index contributed by atoms with van der Waals surface area (Å²) in [6.45, 7) is 2.59. The molecule has 0 amide bonds. The van der Waals surface area contributed by atoms with Gasteiger partial charge in [0.2, 0.25) is 0 Å². The Morgan fingerprint density at radius 2 is 2.19 bits per heavy atom. The first-order valence-corrected chi connectivity index (χ1v) is 5.62. The summed E-state index contributed by atoms with van der Waals surface area (Å²) < 4.78 is 0. The van der Waals surface area contributed by atoms with Gasteiger partial charge in [-0.25, -0.2) is 4.98 Å². The predicted molar refractivity (Wildman–Crippen MR) is 66.1 cm³/mol. The van der Waals surface area contributed by atoms with Crippen molar-refractivity contribution in [1.82, 2.24) is 14.9 Å². The number of rotatable bonds is 5. The van der Waals surface area contributed by atoms with Crippen molar-refractivity contribution in [3.63, 3.8) is 0 Å². The van der Waals surface area contributed by atoms with Crippen molar-refractivity contribution in [3.8, 4) is 0 Å². The van der Waals surface area contributed by atoms with Crippen LogP contribution in [-0.2, 0) is 6.54 Å². The largest absolute Gasteiger partial charge is 0.341 e. The molecule has 1 aromatic heterocycles. The zero-order chi connectivity index (χ0) is 11.4. The molecule has 4 heteroatoms. The van der Waals surface area contributed by atoms with E-state index in [0.29, 0.717) is 0 Å². The SMILES string of the molecule is CN(CCCN)Cc1nc2ccccc2[nH]1. The predicted octanol–water partition coefficient (Wildman–Crippen LogP) is 1.34. The number of aromatic nitrogens is 2. The van der Waals surface area contributed by atoms with Crippen molar-refractivity contribution >= 4 is 11.0 Å². The van der Waals surface area contributed by atoms with Crippen LogP contribution in [0.3, 0.4) is 0 Å². The van der Waals surface area contributed by atoms with Gasteiger partial charge >= 0.3 is 0 Å². The first kappa shape index (κ1) is 11.1. The van der Waals surface area contributed by atoms with E-state index in [0.717, 1.165) is 42.9 Å². The van der Waals surface area contributed by atoms with Gasteiger partial charge in [-0.1, -0.05) is 12.1 Å². The summed E-state index contributed by atoms with van der Waals surface area (Å²) in [6.07, 6.45) is 1.02. The van der Waals surface area contributed by atoms with Crippen LogP contribution in [0.15, 0.2) is 24.3 Å². The summed E-state index contributed by atoms with van der Waals surface area (Å²) in [5, 5.41) is 0. The van der Waals surface area contributed by atoms with Gasteiger partial charge in [0.25, 0.3) is 0 Å². The van der Waals surface area contributed by atoms with E-state index in [2.05, 4.69) is 21.9 Å². The Bertz CT molecular complexity index is 416. The van der Waals surface area contributed by atoms with Gasteiger partial charge in [-0.05, 0) is 38.7 Å². The van der Waals surface area contributed by atoms with E-state index in [9.17, 15) is 0 Å². The van der Waals surface area contributed by atoms with E-state index >= 15 is 0 Å². The van der Waals surface area contributed by atoms with Crippen molar-refractivity contribution < 1.29 is 0 Å². The third-order valence-electron chi connectivity index (χ3n) is 2.60. The number of para-hydroxylation sites is 2. The van der Waals surface area contributed by atoms with Crippen molar-refractivity contribution in [2.75, 3.05) is 20.1 Å². The average molecular weight is 218 g/mol. The highest BCUT2D eigenvalue weighted by atomic mass is 15.1. The number of H-pyrrole nitrogens is 1. The number of nitrogens with zero attached hydrogens (tertiary/aromatic N) is 2. The first-order chi connectivity index (χ1) is 7.79. The topological polar surface area (TPSA) is 57.9 Å². The molecule has 0 spiro atoms. The number of imidazole rings is 1. The van der Waals surface area contributed by atoms with Crippen molar-refractivity contribution in [2.45, 2.75) is 13.0 Å². The molecule has 0 saturated carbocycles. The van der Waals surface area contributed by atoms with Crippen LogP contribution in [0, 0.1) is 0 Å². The minimum atomic E-state index is 0.741. The van der Waals surface area contributed by atoms with E-state index < -0.39 is 0 Å². The van der Waals surface area contributed by atoms with Crippen molar-refractivity contribution in [3.05, 3.63) is 30.1 Å². The Labute approximate surface area is 95.5 Å². The fourth-order valence-corrected chi connectivity index (χ4v) is 1.78. The molecule has 86 valence electrons. The maximum absolute atomic E-state index is 5.48. The summed E-state index contributed by atoms with van der Waals surface area (Å²) in [4.78, 5) is 10.1. The average Bonchev–Trinajstić information content (AvgIpc) is 2.68. The molecule has 2 aromatic rings. The Balaban J connectivity index is 2.03. The summed E-state index contributed by atoms with van der Waals surface area (Å²) in [5.41, 5.74) is 7.62. The molecule has 3 N–H and O–H groups in total. The first-order valence-electron chi connectivity index (χ1n) is 5.62. The molecular formula is C12H18N4. The number of hydrogen-bond acceptors (Lipinski definition) is 3. The Hall–Kier alpha value is -1.39. The normalized spacial score (nSPS) is 11.4. The highest BCUT2D eigenvalue weighted by Gasteiger charge is 2.04. The molecule has 0 radical (unpaired) electrons. The van der Waals surface area contributed by atoms with Gasteiger partial charge in [0, 0.05) is 0 Å². The van der Waals surface area contributed by atoms with E-state index in [-0.39, 0.29) is 0 Å². The van der Waals surface area contributed by atoms with Crippen molar-refractivity contribution in [2.24, 2.45) is 5.73 Å². The van der Waals surface area contributed by atoms with E-state index in [1.54, 1.807) is 0 Å². The van der Waals surface area contributed by atoms with Crippen LogP contribution in [0.25, 0.3) is 11.0 Å². The van der Waals surface area contributed by atoms with Crippen LogP contribution >= 0.6 is 0 Å². The molecule has 0 saturated heterocycles. The Morgan fingerprint density at radius 1 is 1.38 bits per heavy atom. The molecule has 0 fully saturated rings. The van der Waals surface area contributed by atoms with Crippen molar-refractivity contribution in [1.29, 1.82) is 0 Å². The van der Waals surface area contributed by atoms with Gasteiger partial charge in [-0.15, -0.1) is 0 Å². The lowest BCUT2D eigenvalue weighted by atomic mass is 10.3. The molecule has 16 heavy (non-hydrogen) atoms. The molecule has 1 aromatic carbocycles. The fourth-order valence-electron chi connectivity index (χ4n) is 1.78. The number of hydrogen-bond donors (Lipinski definition) is 2. The molecule has 0 atom stereocenters. The quantitative estimate of drug-likeness (QED) is 0.796. The van der Waals surface area contributed by atoms with Gasteiger partial charge in [0.15, 0.2) is 0 Å². The van der Waals surface area contributed by atoms with Crippen LogP contribution in [0.4, 0.5) is 0 Å². The molecule has 0 aliphatic heterocycles. The van der Waals surface area contributed by atoms with Gasteiger partial charge in [-0.2, -0.15) is 0 Å². The Morgan fingerprint density at radius 3 is 2.94 bits per heavy atom. The number of benzene rings is 1. The molecular weight excluding hydrogens is 200 g/mol. The third kappa shape index (κ3) is 2.59. The second-order valence-electron chi connectivity index (χ2n) is 4.08. The second kappa shape index (κ2) is 5.09. The lowest BCUT2D eigenvalue weighted by Crippen LogP contribution is -2.21. The highest BCUT2D eigenvalue weighted by Crippen LogP contribution is 2.11. The second-order valence-corrected chi connectivity index (χ2v) is 4.08. The zero-order valence-electron chi connectivity index (χ0n) is 9.61. The molecule has 0 unspecified atom stereocenters. The minimum absolute atomic E-state index is 0.741. The molecule has 0 aliphatic carbocycles. The number of nitrogens with one attached hydrogen (secondary N) is 1. The number of fused-ring (bicyclic) bond motifs is 1. The zero-order valence-corrected chi connectivity index (χ0v) is 9.61. The maximum atomic E-state index is 5.48. The monoisotopic (exact) mass is 218 g/mol. The smallest absolute Gasteiger partial charge is 0.121 e. The van der Waals surface area contributed by atoms with Crippen LogP contribution in [-0.4, -0.2) is 35.0 Å². The molecule has 0 bridgehead atoms. The molecule has 2 rings (SSSR count). The maximum Gasteiger partial charge on any atom is 0.121 e. The number of nitrogens with two attached hydrogens (primary N) is 1. The summed E-state index contributed by atoms with van der Waals surface area (Å²) >= 11 is 0. The van der Waals surface area contributed by atoms with Crippen LogP contribution in [0.5, 0.6) is 0 Å². The molecule has 0 aliphatic rings. The molecule has 4 nitrogen and oxygen atoms in total. The standard InChI is InChI=1S/C12H18N4/c1-16(8-4-7-13)9-12-14-10-5-2-3-6-11(10)15-12/h2-3,5-6H,4,7-9,13H2,1H3,(H,14,15). The Kier molecular flexibility index (Phi) is 3.54. The van der Waals surface area contributed by atoms with Crippen LogP contribution in [0.2, 0.25) is 0 Å². The van der Waals surface area contributed by atoms with Gasteiger partial charge in [0.05, 0.1) is 17.6 Å². The van der Waals surface area contributed by atoms with E-state index in [1.165, 1.54) is 0 Å². The fraction of sp³-hybridized carbons (Fsp3) is 0.417. The summed E-state index contributed by atoms with van der Waals surface area (Å²) in [5.74, 6) is 1.01. The van der Waals surface area contributed by atoms with E-state index in [4.69, 9.17) is 5.73 Å². The minimum Gasteiger partial charge on any atom is -0.341 e. The van der Waals surface area contributed by atoms with Gasteiger partial charge < -0.3 is 10.7 Å². The highest BCUT2D eigenvalue weighted by molar-refractivity contribution is 5.74.